The molecule has 0 atom stereocenters. The Balaban J connectivity index is 3.01. The van der Waals surface area contributed by atoms with E-state index in [-0.39, 0.29) is 5.69 Å². The Morgan fingerprint density at radius 2 is 2.31 bits per heavy atom. The molecule has 3 heteroatoms. The second kappa shape index (κ2) is 3.94. The number of hydrogen-bond acceptors (Lipinski definition) is 2. The van der Waals surface area contributed by atoms with Crippen LogP contribution in [0.15, 0.2) is 24.8 Å². The standard InChI is InChI=1S/C10H12FNO/c1-3-13-7(2)8-5-4-6-9(12)10(8)11/h4-6H,2-3,12H2,1H3. The molecule has 0 aliphatic rings. The number of anilines is 1. The van der Waals surface area contributed by atoms with Gasteiger partial charge < -0.3 is 10.5 Å². The lowest BCUT2D eigenvalue weighted by Gasteiger charge is -2.08. The van der Waals surface area contributed by atoms with E-state index < -0.39 is 5.82 Å². The summed E-state index contributed by atoms with van der Waals surface area (Å²) in [5.41, 5.74) is 5.81. The Hall–Kier alpha value is -1.51. The first-order valence-electron chi connectivity index (χ1n) is 4.03. The van der Waals surface area contributed by atoms with Gasteiger partial charge in [0.05, 0.1) is 17.9 Å². The summed E-state index contributed by atoms with van der Waals surface area (Å²) in [4.78, 5) is 0. The molecule has 1 aromatic carbocycles. The lowest BCUT2D eigenvalue weighted by molar-refractivity contribution is 0.297. The van der Waals surface area contributed by atoms with Crippen molar-refractivity contribution in [1.82, 2.24) is 0 Å². The first-order valence-corrected chi connectivity index (χ1v) is 4.03. The molecule has 0 aliphatic carbocycles. The van der Waals surface area contributed by atoms with Crippen LogP contribution >= 0.6 is 0 Å². The Labute approximate surface area is 76.8 Å². The van der Waals surface area contributed by atoms with Gasteiger partial charge in [0, 0.05) is 0 Å². The number of benzene rings is 1. The molecule has 2 N–H and O–H groups in total. The number of nitrogen functional groups attached to an aromatic ring is 1. The van der Waals surface area contributed by atoms with Gasteiger partial charge in [-0.3, -0.25) is 0 Å². The average Bonchev–Trinajstić information content (AvgIpc) is 2.10. The largest absolute Gasteiger partial charge is 0.494 e. The van der Waals surface area contributed by atoms with E-state index in [1.165, 1.54) is 6.07 Å². The second-order valence-corrected chi connectivity index (χ2v) is 2.56. The zero-order valence-corrected chi connectivity index (χ0v) is 7.51. The maximum atomic E-state index is 13.3. The van der Waals surface area contributed by atoms with Gasteiger partial charge in [0.1, 0.15) is 5.76 Å². The Kier molecular flexibility index (Phi) is 2.90. The van der Waals surface area contributed by atoms with Crippen molar-refractivity contribution in [2.24, 2.45) is 0 Å². The van der Waals surface area contributed by atoms with Crippen LogP contribution in [0.5, 0.6) is 0 Å². The van der Waals surface area contributed by atoms with E-state index >= 15 is 0 Å². The topological polar surface area (TPSA) is 35.2 Å². The highest BCUT2D eigenvalue weighted by atomic mass is 19.1. The van der Waals surface area contributed by atoms with Crippen molar-refractivity contribution in [2.45, 2.75) is 6.92 Å². The molecule has 0 aromatic heterocycles. The molecule has 13 heavy (non-hydrogen) atoms. The van der Waals surface area contributed by atoms with E-state index in [4.69, 9.17) is 10.5 Å². The minimum Gasteiger partial charge on any atom is -0.494 e. The van der Waals surface area contributed by atoms with Crippen LogP contribution in [0.25, 0.3) is 5.76 Å². The summed E-state index contributed by atoms with van der Waals surface area (Å²) < 4.78 is 18.4. The molecule has 0 bridgehead atoms. The van der Waals surface area contributed by atoms with Gasteiger partial charge in [-0.1, -0.05) is 12.6 Å². The lowest BCUT2D eigenvalue weighted by atomic mass is 10.1. The Bertz CT molecular complexity index is 323. The fourth-order valence-corrected chi connectivity index (χ4v) is 1.02. The summed E-state index contributed by atoms with van der Waals surface area (Å²) in [5.74, 6) is -0.159. The number of rotatable bonds is 3. The van der Waals surface area contributed by atoms with E-state index in [1.54, 1.807) is 12.1 Å². The summed E-state index contributed by atoms with van der Waals surface area (Å²) in [6.07, 6.45) is 0. The van der Waals surface area contributed by atoms with E-state index in [0.717, 1.165) is 0 Å². The van der Waals surface area contributed by atoms with Crippen LogP contribution in [-0.2, 0) is 4.74 Å². The van der Waals surface area contributed by atoms with Gasteiger partial charge in [-0.25, -0.2) is 4.39 Å². The lowest BCUT2D eigenvalue weighted by Crippen LogP contribution is -1.97. The number of halogens is 1. The Morgan fingerprint density at radius 1 is 1.62 bits per heavy atom. The summed E-state index contributed by atoms with van der Waals surface area (Å²) in [5, 5.41) is 0. The predicted molar refractivity (Wildman–Crippen MR) is 51.5 cm³/mol. The smallest absolute Gasteiger partial charge is 0.156 e. The van der Waals surface area contributed by atoms with Crippen molar-refractivity contribution in [3.8, 4) is 0 Å². The first-order chi connectivity index (χ1) is 6.16. The third-order valence-electron chi connectivity index (χ3n) is 1.65. The molecule has 70 valence electrons. The highest BCUT2D eigenvalue weighted by Crippen LogP contribution is 2.21. The van der Waals surface area contributed by atoms with Gasteiger partial charge in [0.2, 0.25) is 0 Å². The van der Waals surface area contributed by atoms with Crippen molar-refractivity contribution in [1.29, 1.82) is 0 Å². The number of hydrogen-bond donors (Lipinski definition) is 1. The molecule has 0 unspecified atom stereocenters. The number of ether oxygens (including phenoxy) is 1. The third-order valence-corrected chi connectivity index (χ3v) is 1.65. The maximum absolute atomic E-state index is 13.3. The molecule has 0 heterocycles. The van der Waals surface area contributed by atoms with Crippen LogP contribution < -0.4 is 5.73 Å². The molecule has 1 rings (SSSR count). The average molecular weight is 181 g/mol. The third kappa shape index (κ3) is 1.99. The van der Waals surface area contributed by atoms with Crippen LogP contribution in [0, 0.1) is 5.82 Å². The first kappa shape index (κ1) is 9.58. The quantitative estimate of drug-likeness (QED) is 0.574. The molecule has 0 saturated carbocycles. The Morgan fingerprint density at radius 3 is 2.92 bits per heavy atom. The van der Waals surface area contributed by atoms with Crippen molar-refractivity contribution in [2.75, 3.05) is 12.3 Å². The summed E-state index contributed by atoms with van der Waals surface area (Å²) in [7, 11) is 0. The fraction of sp³-hybridized carbons (Fsp3) is 0.200. The van der Waals surface area contributed by atoms with E-state index in [1.807, 2.05) is 6.92 Å². The molecular weight excluding hydrogens is 169 g/mol. The van der Waals surface area contributed by atoms with Crippen molar-refractivity contribution in [3.63, 3.8) is 0 Å². The zero-order chi connectivity index (χ0) is 9.84. The van der Waals surface area contributed by atoms with Crippen molar-refractivity contribution in [3.05, 3.63) is 36.2 Å². The van der Waals surface area contributed by atoms with Gasteiger partial charge in [0.15, 0.2) is 5.82 Å². The highest BCUT2D eigenvalue weighted by Gasteiger charge is 2.08. The minimum atomic E-state index is -0.471. The van der Waals surface area contributed by atoms with Gasteiger partial charge >= 0.3 is 0 Å². The van der Waals surface area contributed by atoms with Crippen LogP contribution in [0.4, 0.5) is 10.1 Å². The monoisotopic (exact) mass is 181 g/mol. The summed E-state index contributed by atoms with van der Waals surface area (Å²) in [6.45, 7) is 5.88. The predicted octanol–water partition coefficient (Wildman–Crippen LogP) is 2.42. The molecule has 1 aromatic rings. The van der Waals surface area contributed by atoms with Crippen molar-refractivity contribution >= 4 is 11.4 Å². The molecule has 2 nitrogen and oxygen atoms in total. The molecule has 0 radical (unpaired) electrons. The van der Waals surface area contributed by atoms with E-state index in [0.29, 0.717) is 17.9 Å². The van der Waals surface area contributed by atoms with Crippen LogP contribution in [0.2, 0.25) is 0 Å². The second-order valence-electron chi connectivity index (χ2n) is 2.56. The SMILES string of the molecule is C=C(OCC)c1cccc(N)c1F. The molecule has 0 spiro atoms. The molecular formula is C10H12FNO. The number of nitrogens with two attached hydrogens (primary N) is 1. The van der Waals surface area contributed by atoms with Gasteiger partial charge in [0.25, 0.3) is 0 Å². The molecule has 0 amide bonds. The fourth-order valence-electron chi connectivity index (χ4n) is 1.02. The minimum absolute atomic E-state index is 0.110. The van der Waals surface area contributed by atoms with Crippen LogP contribution in [0.3, 0.4) is 0 Å². The van der Waals surface area contributed by atoms with E-state index in [9.17, 15) is 4.39 Å². The van der Waals surface area contributed by atoms with Gasteiger partial charge in [-0.05, 0) is 19.1 Å². The van der Waals surface area contributed by atoms with Crippen LogP contribution in [0.1, 0.15) is 12.5 Å². The van der Waals surface area contributed by atoms with E-state index in [2.05, 4.69) is 6.58 Å². The highest BCUT2D eigenvalue weighted by molar-refractivity contribution is 5.62. The zero-order valence-electron chi connectivity index (χ0n) is 7.51. The maximum Gasteiger partial charge on any atom is 0.156 e. The summed E-state index contributed by atoms with van der Waals surface area (Å²) >= 11 is 0. The molecule has 0 fully saturated rings. The van der Waals surface area contributed by atoms with Crippen LogP contribution in [-0.4, -0.2) is 6.61 Å². The normalized spacial score (nSPS) is 9.69. The summed E-state index contributed by atoms with van der Waals surface area (Å²) in [6, 6.07) is 4.75. The molecule has 0 aliphatic heterocycles. The van der Waals surface area contributed by atoms with Gasteiger partial charge in [-0.15, -0.1) is 0 Å². The van der Waals surface area contributed by atoms with Gasteiger partial charge in [-0.2, -0.15) is 0 Å². The molecule has 0 saturated heterocycles. The van der Waals surface area contributed by atoms with Crippen molar-refractivity contribution < 1.29 is 9.13 Å².